The number of ether oxygens (including phenoxy) is 1. The maximum atomic E-state index is 6.23. The molecule has 2 unspecified atom stereocenters. The molecule has 2 aromatic rings. The Labute approximate surface area is 108 Å². The number of fused-ring (bicyclic) bond motifs is 1. The summed E-state index contributed by atoms with van der Waals surface area (Å²) in [6.07, 6.45) is 1.01. The first-order valence-corrected chi connectivity index (χ1v) is 6.56. The van der Waals surface area contributed by atoms with Gasteiger partial charge in [0.15, 0.2) is 0 Å². The van der Waals surface area contributed by atoms with Crippen LogP contribution >= 0.6 is 15.9 Å². The lowest BCUT2D eigenvalue weighted by Crippen LogP contribution is -2.20. The molecular weight excluding hydrogens is 282 g/mol. The number of para-hydroxylation sites is 1. The van der Waals surface area contributed by atoms with Crippen molar-refractivity contribution >= 4 is 26.9 Å². The molecule has 2 atom stereocenters. The fourth-order valence-corrected chi connectivity index (χ4v) is 2.74. The lowest BCUT2D eigenvalue weighted by molar-refractivity contribution is 0.178. The van der Waals surface area contributed by atoms with Crippen LogP contribution in [-0.4, -0.2) is 13.2 Å². The van der Waals surface area contributed by atoms with Crippen molar-refractivity contribution in [1.82, 2.24) is 0 Å². The molecule has 0 saturated carbocycles. The van der Waals surface area contributed by atoms with Gasteiger partial charge in [-0.1, -0.05) is 12.1 Å². The minimum absolute atomic E-state index is 0.0724. The highest BCUT2D eigenvalue weighted by molar-refractivity contribution is 9.10. The van der Waals surface area contributed by atoms with Crippen LogP contribution in [0, 0.1) is 5.92 Å². The van der Waals surface area contributed by atoms with E-state index in [4.69, 9.17) is 14.9 Å². The quantitative estimate of drug-likeness (QED) is 0.925. The summed E-state index contributed by atoms with van der Waals surface area (Å²) >= 11 is 3.48. The van der Waals surface area contributed by atoms with E-state index in [1.807, 2.05) is 24.3 Å². The van der Waals surface area contributed by atoms with E-state index in [1.54, 1.807) is 0 Å². The van der Waals surface area contributed by atoms with Gasteiger partial charge in [-0.25, -0.2) is 0 Å². The van der Waals surface area contributed by atoms with Crippen molar-refractivity contribution in [3.63, 3.8) is 0 Å². The van der Waals surface area contributed by atoms with E-state index in [0.29, 0.717) is 5.92 Å². The Morgan fingerprint density at radius 2 is 2.29 bits per heavy atom. The Bertz CT molecular complexity index is 531. The van der Waals surface area contributed by atoms with Crippen LogP contribution in [0.3, 0.4) is 0 Å². The molecule has 4 heteroatoms. The smallest absolute Gasteiger partial charge is 0.148 e. The van der Waals surface area contributed by atoms with Crippen LogP contribution in [0.4, 0.5) is 0 Å². The fourth-order valence-electron chi connectivity index (χ4n) is 2.28. The molecule has 2 N–H and O–H groups in total. The van der Waals surface area contributed by atoms with E-state index >= 15 is 0 Å². The largest absolute Gasteiger partial charge is 0.458 e. The highest BCUT2D eigenvalue weighted by Gasteiger charge is 2.26. The molecule has 1 aromatic carbocycles. The van der Waals surface area contributed by atoms with Crippen LogP contribution in [-0.2, 0) is 4.74 Å². The molecule has 1 saturated heterocycles. The molecule has 1 aliphatic heterocycles. The number of benzene rings is 1. The van der Waals surface area contributed by atoms with Crippen molar-refractivity contribution in [3.8, 4) is 0 Å². The Kier molecular flexibility index (Phi) is 2.94. The van der Waals surface area contributed by atoms with Gasteiger partial charge in [0.2, 0.25) is 0 Å². The predicted molar refractivity (Wildman–Crippen MR) is 69.8 cm³/mol. The molecular formula is C13H14BrNO2. The van der Waals surface area contributed by atoms with E-state index in [-0.39, 0.29) is 6.04 Å². The first-order valence-electron chi connectivity index (χ1n) is 5.77. The zero-order valence-corrected chi connectivity index (χ0v) is 10.9. The predicted octanol–water partition coefficient (Wildman–Crippen LogP) is 3.23. The van der Waals surface area contributed by atoms with Crippen molar-refractivity contribution in [1.29, 1.82) is 0 Å². The third kappa shape index (κ3) is 2.01. The molecule has 1 aliphatic rings. The molecule has 0 bridgehead atoms. The summed E-state index contributed by atoms with van der Waals surface area (Å²) in [5, 5.41) is 1.09. The molecule has 2 heterocycles. The second kappa shape index (κ2) is 4.44. The molecule has 3 rings (SSSR count). The van der Waals surface area contributed by atoms with Crippen LogP contribution in [0.1, 0.15) is 18.2 Å². The summed E-state index contributed by atoms with van der Waals surface area (Å²) in [5.74, 6) is 1.22. The third-order valence-electron chi connectivity index (χ3n) is 3.32. The summed E-state index contributed by atoms with van der Waals surface area (Å²) in [4.78, 5) is 0. The maximum absolute atomic E-state index is 6.23. The minimum Gasteiger partial charge on any atom is -0.458 e. The van der Waals surface area contributed by atoms with Crippen molar-refractivity contribution in [3.05, 3.63) is 34.5 Å². The van der Waals surface area contributed by atoms with Crippen LogP contribution in [0.2, 0.25) is 0 Å². The zero-order valence-electron chi connectivity index (χ0n) is 9.36. The van der Waals surface area contributed by atoms with Crippen molar-refractivity contribution in [2.24, 2.45) is 11.7 Å². The van der Waals surface area contributed by atoms with E-state index < -0.39 is 0 Å². The standard InChI is InChI=1S/C13H14BrNO2/c14-10-3-1-2-8-6-11(17-13(8)10)12(15)9-4-5-16-7-9/h1-3,6,9,12H,4-5,7,15H2. The summed E-state index contributed by atoms with van der Waals surface area (Å²) in [6.45, 7) is 1.54. The first kappa shape index (κ1) is 11.3. The Morgan fingerprint density at radius 3 is 3.00 bits per heavy atom. The molecule has 0 radical (unpaired) electrons. The topological polar surface area (TPSA) is 48.4 Å². The van der Waals surface area contributed by atoms with E-state index in [9.17, 15) is 0 Å². The monoisotopic (exact) mass is 295 g/mol. The molecule has 1 aromatic heterocycles. The van der Waals surface area contributed by atoms with Crippen molar-refractivity contribution in [2.45, 2.75) is 12.5 Å². The number of nitrogens with two attached hydrogens (primary N) is 1. The molecule has 0 amide bonds. The normalized spacial score (nSPS) is 22.1. The van der Waals surface area contributed by atoms with Gasteiger partial charge in [0.1, 0.15) is 11.3 Å². The van der Waals surface area contributed by atoms with Crippen LogP contribution < -0.4 is 5.73 Å². The van der Waals surface area contributed by atoms with Gasteiger partial charge in [-0.15, -0.1) is 0 Å². The molecule has 3 nitrogen and oxygen atoms in total. The zero-order chi connectivity index (χ0) is 11.8. The number of hydrogen-bond acceptors (Lipinski definition) is 3. The number of rotatable bonds is 2. The minimum atomic E-state index is -0.0724. The Hall–Kier alpha value is -0.840. The lowest BCUT2D eigenvalue weighted by Gasteiger charge is -2.14. The van der Waals surface area contributed by atoms with Crippen molar-refractivity contribution < 1.29 is 9.15 Å². The summed E-state index contributed by atoms with van der Waals surface area (Å²) in [5.41, 5.74) is 7.10. The molecule has 17 heavy (non-hydrogen) atoms. The Balaban J connectivity index is 1.97. The highest BCUT2D eigenvalue weighted by Crippen LogP contribution is 2.33. The average Bonchev–Trinajstić information content (AvgIpc) is 2.98. The van der Waals surface area contributed by atoms with E-state index in [0.717, 1.165) is 40.8 Å². The maximum Gasteiger partial charge on any atom is 0.148 e. The van der Waals surface area contributed by atoms with Gasteiger partial charge in [-0.05, 0) is 34.5 Å². The van der Waals surface area contributed by atoms with Gasteiger partial charge in [-0.3, -0.25) is 0 Å². The molecule has 1 fully saturated rings. The van der Waals surface area contributed by atoms with Crippen LogP contribution in [0.15, 0.2) is 33.2 Å². The Morgan fingerprint density at radius 1 is 1.41 bits per heavy atom. The lowest BCUT2D eigenvalue weighted by atomic mass is 9.98. The summed E-state index contributed by atoms with van der Waals surface area (Å²) < 4.78 is 12.2. The van der Waals surface area contributed by atoms with E-state index in [1.165, 1.54) is 0 Å². The van der Waals surface area contributed by atoms with Gasteiger partial charge in [-0.2, -0.15) is 0 Å². The second-order valence-electron chi connectivity index (χ2n) is 4.46. The summed E-state index contributed by atoms with van der Waals surface area (Å²) in [6, 6.07) is 7.96. The van der Waals surface area contributed by atoms with Gasteiger partial charge in [0.05, 0.1) is 17.1 Å². The number of hydrogen-bond donors (Lipinski definition) is 1. The SMILES string of the molecule is NC(c1cc2cccc(Br)c2o1)C1CCOC1. The molecule has 0 aliphatic carbocycles. The molecule has 90 valence electrons. The van der Waals surface area contributed by atoms with Gasteiger partial charge in [0.25, 0.3) is 0 Å². The average molecular weight is 296 g/mol. The van der Waals surface area contributed by atoms with Crippen molar-refractivity contribution in [2.75, 3.05) is 13.2 Å². The van der Waals surface area contributed by atoms with Crippen LogP contribution in [0.25, 0.3) is 11.0 Å². The van der Waals surface area contributed by atoms with E-state index in [2.05, 4.69) is 15.9 Å². The van der Waals surface area contributed by atoms with Gasteiger partial charge in [0, 0.05) is 17.9 Å². The number of halogens is 1. The van der Waals surface area contributed by atoms with Crippen LogP contribution in [0.5, 0.6) is 0 Å². The third-order valence-corrected chi connectivity index (χ3v) is 3.94. The number of furan rings is 1. The van der Waals surface area contributed by atoms with Gasteiger partial charge < -0.3 is 14.9 Å². The first-order chi connectivity index (χ1) is 8.25. The summed E-state index contributed by atoms with van der Waals surface area (Å²) in [7, 11) is 0. The van der Waals surface area contributed by atoms with Gasteiger partial charge >= 0.3 is 0 Å². The molecule has 0 spiro atoms. The fraction of sp³-hybridized carbons (Fsp3) is 0.385. The highest BCUT2D eigenvalue weighted by atomic mass is 79.9. The second-order valence-corrected chi connectivity index (χ2v) is 5.31.